The summed E-state index contributed by atoms with van der Waals surface area (Å²) in [5.41, 5.74) is 0.0648. The highest BCUT2D eigenvalue weighted by Gasteiger charge is 2.35. The van der Waals surface area contributed by atoms with E-state index in [9.17, 15) is 18.8 Å². The molecule has 1 aliphatic rings. The van der Waals surface area contributed by atoms with Crippen LogP contribution in [0.1, 0.15) is 12.5 Å². The van der Waals surface area contributed by atoms with Crippen LogP contribution in [0.15, 0.2) is 42.0 Å². The summed E-state index contributed by atoms with van der Waals surface area (Å²) in [4.78, 5) is 37.3. The highest BCUT2D eigenvalue weighted by atomic mass is 127. The maximum atomic E-state index is 14.3. The highest BCUT2D eigenvalue weighted by Crippen LogP contribution is 2.35. The molecule has 2 aromatic rings. The molecule has 0 aromatic heterocycles. The molecule has 3 rings (SSSR count). The van der Waals surface area contributed by atoms with Gasteiger partial charge in [0.25, 0.3) is 11.8 Å². The number of nitrogens with one attached hydrogen (secondary N) is 1. The van der Waals surface area contributed by atoms with Gasteiger partial charge in [0.1, 0.15) is 11.4 Å². The first-order chi connectivity index (χ1) is 15.2. The Kier molecular flexibility index (Phi) is 7.40. The standard InChI is InChI=1S/C21H16FIN2O6S/c1-2-30-16-9-11(8-14(23)18(16)31-10-17(26)27)7-12-19(28)24-21(32)25(20(12)29)15-6-4-3-5-13(15)22/h3-9H,2,10H2,1H3,(H,26,27)(H,24,28,32)/b12-7+. The summed E-state index contributed by atoms with van der Waals surface area (Å²) in [5.74, 6) is -2.87. The average molecular weight is 570 g/mol. The van der Waals surface area contributed by atoms with Crippen molar-refractivity contribution in [3.8, 4) is 11.5 Å². The lowest BCUT2D eigenvalue weighted by molar-refractivity contribution is -0.139. The maximum Gasteiger partial charge on any atom is 0.341 e. The predicted molar refractivity (Wildman–Crippen MR) is 126 cm³/mol. The second-order valence-corrected chi connectivity index (χ2v) is 7.90. The lowest BCUT2D eigenvalue weighted by atomic mass is 10.1. The topological polar surface area (TPSA) is 105 Å². The van der Waals surface area contributed by atoms with E-state index in [0.717, 1.165) is 4.90 Å². The number of aliphatic carboxylic acids is 1. The van der Waals surface area contributed by atoms with Gasteiger partial charge in [-0.2, -0.15) is 0 Å². The lowest BCUT2D eigenvalue weighted by Gasteiger charge is -2.29. The number of nitrogens with zero attached hydrogens (tertiary/aromatic N) is 1. The Bertz CT molecular complexity index is 1150. The van der Waals surface area contributed by atoms with E-state index in [2.05, 4.69) is 5.32 Å². The predicted octanol–water partition coefficient (Wildman–Crippen LogP) is 3.12. The second kappa shape index (κ2) is 10.0. The van der Waals surface area contributed by atoms with Crippen molar-refractivity contribution in [1.29, 1.82) is 0 Å². The number of carbonyl (C=O) groups is 3. The first-order valence-electron chi connectivity index (χ1n) is 9.19. The van der Waals surface area contributed by atoms with Crippen molar-refractivity contribution in [3.63, 3.8) is 0 Å². The molecule has 1 heterocycles. The molecule has 1 saturated heterocycles. The van der Waals surface area contributed by atoms with E-state index < -0.39 is 30.2 Å². The monoisotopic (exact) mass is 570 g/mol. The summed E-state index contributed by atoms with van der Waals surface area (Å²) in [7, 11) is 0. The first kappa shape index (κ1) is 23.6. The molecule has 11 heteroatoms. The average Bonchev–Trinajstić information content (AvgIpc) is 2.72. The summed E-state index contributed by atoms with van der Waals surface area (Å²) in [6.07, 6.45) is 1.32. The molecule has 2 aromatic carbocycles. The molecule has 0 spiro atoms. The van der Waals surface area contributed by atoms with Crippen LogP contribution >= 0.6 is 34.8 Å². The Morgan fingerprint density at radius 1 is 1.28 bits per heavy atom. The van der Waals surface area contributed by atoms with E-state index >= 15 is 0 Å². The van der Waals surface area contributed by atoms with Crippen molar-refractivity contribution in [1.82, 2.24) is 5.32 Å². The third kappa shape index (κ3) is 5.05. The molecule has 8 nitrogen and oxygen atoms in total. The number of carbonyl (C=O) groups excluding carboxylic acids is 2. The minimum absolute atomic E-state index is 0.0876. The number of thiocarbonyl (C=S) groups is 1. The molecular formula is C21H16FIN2O6S. The van der Waals surface area contributed by atoms with Crippen molar-refractivity contribution >= 4 is 69.5 Å². The van der Waals surface area contributed by atoms with Crippen LogP contribution in [-0.4, -0.2) is 41.2 Å². The fourth-order valence-corrected chi connectivity index (χ4v) is 3.94. The number of carboxylic acids is 1. The number of amides is 2. The number of para-hydroxylation sites is 1. The first-order valence-corrected chi connectivity index (χ1v) is 10.7. The van der Waals surface area contributed by atoms with Gasteiger partial charge in [0.15, 0.2) is 23.2 Å². The highest BCUT2D eigenvalue weighted by molar-refractivity contribution is 14.1. The van der Waals surface area contributed by atoms with Crippen LogP contribution in [0.4, 0.5) is 10.1 Å². The molecular weight excluding hydrogens is 554 g/mol. The van der Waals surface area contributed by atoms with Gasteiger partial charge in [0.05, 0.1) is 15.9 Å². The normalized spacial score (nSPS) is 15.0. The summed E-state index contributed by atoms with van der Waals surface area (Å²) in [5, 5.41) is 11.0. The van der Waals surface area contributed by atoms with Crippen molar-refractivity contribution in [2.45, 2.75) is 6.92 Å². The molecule has 0 bridgehead atoms. The fourth-order valence-electron chi connectivity index (χ4n) is 2.88. The van der Waals surface area contributed by atoms with Crippen LogP contribution in [0.25, 0.3) is 6.08 Å². The van der Waals surface area contributed by atoms with E-state index in [1.54, 1.807) is 19.1 Å². The van der Waals surface area contributed by atoms with Crippen LogP contribution in [0.2, 0.25) is 0 Å². The van der Waals surface area contributed by atoms with E-state index in [0.29, 0.717) is 9.13 Å². The van der Waals surface area contributed by atoms with Crippen LogP contribution in [0, 0.1) is 9.39 Å². The lowest BCUT2D eigenvalue weighted by Crippen LogP contribution is -2.54. The van der Waals surface area contributed by atoms with Gasteiger partial charge in [-0.05, 0) is 77.6 Å². The molecule has 32 heavy (non-hydrogen) atoms. The van der Waals surface area contributed by atoms with Gasteiger partial charge in [-0.1, -0.05) is 12.1 Å². The summed E-state index contributed by atoms with van der Waals surface area (Å²) in [6, 6.07) is 8.67. The number of halogens is 2. The molecule has 0 atom stereocenters. The van der Waals surface area contributed by atoms with Crippen LogP contribution in [0.3, 0.4) is 0 Å². The van der Waals surface area contributed by atoms with Gasteiger partial charge in [0, 0.05) is 0 Å². The largest absolute Gasteiger partial charge is 0.490 e. The molecule has 166 valence electrons. The molecule has 0 radical (unpaired) electrons. The molecule has 0 saturated carbocycles. The quantitative estimate of drug-likeness (QED) is 0.228. The molecule has 2 N–H and O–H groups in total. The fraction of sp³-hybridized carbons (Fsp3) is 0.143. The zero-order valence-corrected chi connectivity index (χ0v) is 19.5. The summed E-state index contributed by atoms with van der Waals surface area (Å²) >= 11 is 7.01. The van der Waals surface area contributed by atoms with E-state index in [-0.39, 0.29) is 34.5 Å². The summed E-state index contributed by atoms with van der Waals surface area (Å²) < 4.78 is 25.6. The van der Waals surface area contributed by atoms with Gasteiger partial charge in [-0.25, -0.2) is 14.1 Å². The Labute approximate surface area is 201 Å². The smallest absolute Gasteiger partial charge is 0.341 e. The number of benzene rings is 2. The van der Waals surface area contributed by atoms with Crippen LogP contribution in [-0.2, 0) is 14.4 Å². The van der Waals surface area contributed by atoms with Crippen molar-refractivity contribution < 1.29 is 33.4 Å². The number of hydrogen-bond donors (Lipinski definition) is 2. The molecule has 1 aliphatic heterocycles. The van der Waals surface area contributed by atoms with Gasteiger partial charge >= 0.3 is 5.97 Å². The zero-order chi connectivity index (χ0) is 23.4. The minimum atomic E-state index is -1.15. The van der Waals surface area contributed by atoms with Crippen LogP contribution < -0.4 is 19.7 Å². The molecule has 2 amide bonds. The third-order valence-corrected chi connectivity index (χ3v) is 5.26. The number of ether oxygens (including phenoxy) is 2. The number of rotatable bonds is 7. The Morgan fingerprint density at radius 2 is 2.00 bits per heavy atom. The van der Waals surface area contributed by atoms with Crippen molar-refractivity contribution in [2.75, 3.05) is 18.1 Å². The molecule has 0 aliphatic carbocycles. The van der Waals surface area contributed by atoms with E-state index in [1.807, 2.05) is 22.6 Å². The van der Waals surface area contributed by atoms with Gasteiger partial charge in [0.2, 0.25) is 0 Å². The third-order valence-electron chi connectivity index (χ3n) is 4.18. The summed E-state index contributed by atoms with van der Waals surface area (Å²) in [6.45, 7) is 1.45. The number of hydrogen-bond acceptors (Lipinski definition) is 6. The van der Waals surface area contributed by atoms with Crippen molar-refractivity contribution in [3.05, 3.63) is 56.9 Å². The van der Waals surface area contributed by atoms with Crippen molar-refractivity contribution in [2.24, 2.45) is 0 Å². The Morgan fingerprint density at radius 3 is 2.66 bits per heavy atom. The Balaban J connectivity index is 2.03. The SMILES string of the molecule is CCOc1cc(/C=C2\C(=O)NC(=S)N(c3ccccc3F)C2=O)cc(I)c1OCC(=O)O. The second-order valence-electron chi connectivity index (χ2n) is 6.35. The van der Waals surface area contributed by atoms with Gasteiger partial charge in [-0.15, -0.1) is 0 Å². The minimum Gasteiger partial charge on any atom is -0.490 e. The number of anilines is 1. The number of carboxylic acid groups (broad SMARTS) is 1. The van der Waals surface area contributed by atoms with E-state index in [4.69, 9.17) is 26.8 Å². The maximum absolute atomic E-state index is 14.3. The van der Waals surface area contributed by atoms with E-state index in [1.165, 1.54) is 30.3 Å². The van der Waals surface area contributed by atoms with Gasteiger partial charge < -0.3 is 14.6 Å². The molecule has 0 unspecified atom stereocenters. The van der Waals surface area contributed by atoms with Crippen LogP contribution in [0.5, 0.6) is 11.5 Å². The Hall–Kier alpha value is -3.06. The van der Waals surface area contributed by atoms with Gasteiger partial charge in [-0.3, -0.25) is 14.9 Å². The zero-order valence-electron chi connectivity index (χ0n) is 16.6. The molecule has 1 fully saturated rings.